The van der Waals surface area contributed by atoms with Crippen LogP contribution < -0.4 is 0 Å². The largest absolute Gasteiger partial charge is 0.299 e. The van der Waals surface area contributed by atoms with E-state index in [9.17, 15) is 0 Å². The number of aromatic nitrogens is 4. The molecule has 0 amide bonds. The highest BCUT2D eigenvalue weighted by Crippen LogP contribution is 2.36. The molecule has 0 saturated heterocycles. The highest BCUT2D eigenvalue weighted by Gasteiger charge is 2.23. The van der Waals surface area contributed by atoms with E-state index in [0.29, 0.717) is 0 Å². The average Bonchev–Trinajstić information content (AvgIpc) is 3.13. The molecule has 0 fully saturated rings. The van der Waals surface area contributed by atoms with Gasteiger partial charge >= 0.3 is 0 Å². The maximum absolute atomic E-state index is 8.76. The Morgan fingerprint density at radius 2 is 1.07 bits per heavy atom. The van der Waals surface area contributed by atoms with Gasteiger partial charge in [-0.15, -0.1) is 0 Å². The van der Waals surface area contributed by atoms with Crippen molar-refractivity contribution in [2.24, 2.45) is 0 Å². The molecule has 2 N–H and O–H groups in total. The summed E-state index contributed by atoms with van der Waals surface area (Å²) in [5.74, 6) is 0. The fourth-order valence-corrected chi connectivity index (χ4v) is 5.93. The van der Waals surface area contributed by atoms with Crippen molar-refractivity contribution in [3.8, 4) is 56.3 Å². The normalized spacial score (nSPS) is 12.3. The molecular formula is C40H26N6. The van der Waals surface area contributed by atoms with Crippen molar-refractivity contribution in [2.75, 3.05) is 0 Å². The Balaban J connectivity index is 1.21. The first-order valence-corrected chi connectivity index (χ1v) is 15.0. The zero-order valence-corrected chi connectivity index (χ0v) is 24.6. The first kappa shape index (κ1) is 27.2. The molecule has 6 nitrogen and oxygen atoms in total. The van der Waals surface area contributed by atoms with Crippen molar-refractivity contribution in [3.63, 3.8) is 0 Å². The van der Waals surface area contributed by atoms with Gasteiger partial charge in [-0.3, -0.25) is 20.8 Å². The Hall–Kier alpha value is -6.40. The van der Waals surface area contributed by atoms with Gasteiger partial charge in [0.1, 0.15) is 0 Å². The third-order valence-electron chi connectivity index (χ3n) is 8.24. The highest BCUT2D eigenvalue weighted by molar-refractivity contribution is 6.54. The SMILES string of the molecule is N=C1C=Cc2c(-c3ccccc3)nc3cc(-c4ccc(-c5cc(-c6ccccn6)nc(-c6ccccn6)c5)cc4)ccc3c2C1=N. The van der Waals surface area contributed by atoms with E-state index < -0.39 is 0 Å². The number of hydrogen-bond acceptors (Lipinski definition) is 6. The number of fused-ring (bicyclic) bond motifs is 3. The van der Waals surface area contributed by atoms with Crippen LogP contribution >= 0.6 is 0 Å². The highest BCUT2D eigenvalue weighted by atomic mass is 14.8. The third-order valence-corrected chi connectivity index (χ3v) is 8.24. The standard InChI is InChI=1S/C40H26N6/c41-32-19-18-31-38(39(32)42)30-17-16-28(22-35(30)46-40(31)27-8-2-1-3-9-27)25-12-14-26(15-13-25)29-23-36(33-10-4-6-20-43-33)45-37(24-29)34-11-5-7-21-44-34/h1-24,41-42H. The molecule has 0 unspecified atom stereocenters. The van der Waals surface area contributed by atoms with Crippen LogP contribution in [0.25, 0.3) is 73.3 Å². The van der Waals surface area contributed by atoms with Crippen LogP contribution in [0.3, 0.4) is 0 Å². The molecule has 3 aromatic carbocycles. The van der Waals surface area contributed by atoms with Gasteiger partial charge in [-0.1, -0.05) is 78.9 Å². The molecule has 4 aromatic heterocycles. The lowest BCUT2D eigenvalue weighted by atomic mass is 9.87. The summed E-state index contributed by atoms with van der Waals surface area (Å²) in [5.41, 5.74) is 12.0. The summed E-state index contributed by atoms with van der Waals surface area (Å²) in [5, 5.41) is 18.0. The van der Waals surface area contributed by atoms with Crippen LogP contribution in [0.5, 0.6) is 0 Å². The van der Waals surface area contributed by atoms with E-state index in [-0.39, 0.29) is 11.4 Å². The topological polar surface area (TPSA) is 99.3 Å². The van der Waals surface area contributed by atoms with E-state index in [0.717, 1.165) is 78.3 Å². The number of rotatable bonds is 5. The molecule has 6 heteroatoms. The summed E-state index contributed by atoms with van der Waals surface area (Å²) in [6.45, 7) is 0. The van der Waals surface area contributed by atoms with Gasteiger partial charge in [0.05, 0.1) is 45.4 Å². The minimum Gasteiger partial charge on any atom is -0.299 e. The van der Waals surface area contributed by atoms with E-state index in [1.165, 1.54) is 0 Å². The molecule has 0 radical (unpaired) electrons. The quantitative estimate of drug-likeness (QED) is 0.209. The Bertz CT molecular complexity index is 2250. The third kappa shape index (κ3) is 4.88. The van der Waals surface area contributed by atoms with Crippen molar-refractivity contribution in [1.29, 1.82) is 10.8 Å². The molecule has 216 valence electrons. The van der Waals surface area contributed by atoms with Crippen LogP contribution in [0.2, 0.25) is 0 Å². The number of hydrogen-bond donors (Lipinski definition) is 2. The first-order chi connectivity index (χ1) is 22.6. The van der Waals surface area contributed by atoms with Crippen molar-refractivity contribution < 1.29 is 0 Å². The van der Waals surface area contributed by atoms with Gasteiger partial charge in [-0.2, -0.15) is 0 Å². The second kappa shape index (κ2) is 11.3. The Morgan fingerprint density at radius 3 is 1.70 bits per heavy atom. The number of nitrogens with one attached hydrogen (secondary N) is 2. The average molecular weight is 591 g/mol. The van der Waals surface area contributed by atoms with E-state index >= 15 is 0 Å². The molecule has 0 bridgehead atoms. The molecule has 0 spiro atoms. The lowest BCUT2D eigenvalue weighted by Crippen LogP contribution is -2.17. The monoisotopic (exact) mass is 590 g/mol. The smallest absolute Gasteiger partial charge is 0.0900 e. The van der Waals surface area contributed by atoms with Crippen LogP contribution in [0.1, 0.15) is 11.1 Å². The lowest BCUT2D eigenvalue weighted by Gasteiger charge is -2.19. The Labute approximate surface area is 265 Å². The van der Waals surface area contributed by atoms with E-state index in [2.05, 4.69) is 58.5 Å². The van der Waals surface area contributed by atoms with E-state index in [1.807, 2.05) is 78.9 Å². The zero-order chi connectivity index (χ0) is 31.0. The summed E-state index contributed by atoms with van der Waals surface area (Å²) < 4.78 is 0. The van der Waals surface area contributed by atoms with Crippen LogP contribution in [0.4, 0.5) is 0 Å². The fourth-order valence-electron chi connectivity index (χ4n) is 5.93. The second-order valence-corrected chi connectivity index (χ2v) is 11.1. The fraction of sp³-hybridized carbons (Fsp3) is 0. The van der Waals surface area contributed by atoms with E-state index in [1.54, 1.807) is 18.5 Å². The van der Waals surface area contributed by atoms with Crippen molar-refractivity contribution >= 4 is 28.4 Å². The minimum atomic E-state index is 0.201. The first-order valence-electron chi connectivity index (χ1n) is 15.0. The Kier molecular flexibility index (Phi) is 6.65. The minimum absolute atomic E-state index is 0.201. The van der Waals surface area contributed by atoms with Gasteiger partial charge in [0.15, 0.2) is 0 Å². The predicted octanol–water partition coefficient (Wildman–Crippen LogP) is 9.17. The van der Waals surface area contributed by atoms with E-state index in [4.69, 9.17) is 20.8 Å². The second-order valence-electron chi connectivity index (χ2n) is 11.1. The number of nitrogens with zero attached hydrogens (tertiary/aromatic N) is 4. The predicted molar refractivity (Wildman–Crippen MR) is 186 cm³/mol. The molecule has 1 aliphatic carbocycles. The molecule has 0 aliphatic heterocycles. The van der Waals surface area contributed by atoms with Crippen molar-refractivity contribution in [1.82, 2.24) is 19.9 Å². The van der Waals surface area contributed by atoms with Crippen molar-refractivity contribution in [3.05, 3.63) is 151 Å². The summed E-state index contributed by atoms with van der Waals surface area (Å²) in [7, 11) is 0. The molecule has 0 atom stereocenters. The molecule has 46 heavy (non-hydrogen) atoms. The maximum atomic E-state index is 8.76. The number of benzene rings is 3. The molecule has 1 aliphatic rings. The number of allylic oxidation sites excluding steroid dienone is 1. The summed E-state index contributed by atoms with van der Waals surface area (Å²) in [6.07, 6.45) is 7.15. The maximum Gasteiger partial charge on any atom is 0.0900 e. The van der Waals surface area contributed by atoms with Crippen LogP contribution in [-0.2, 0) is 0 Å². The molecular weight excluding hydrogens is 564 g/mol. The lowest BCUT2D eigenvalue weighted by molar-refractivity contribution is 1.22. The van der Waals surface area contributed by atoms with Gasteiger partial charge in [-0.25, -0.2) is 9.97 Å². The summed E-state index contributed by atoms with van der Waals surface area (Å²) in [4.78, 5) is 19.1. The van der Waals surface area contributed by atoms with Crippen LogP contribution in [0, 0.1) is 10.8 Å². The molecule has 7 aromatic rings. The molecule has 8 rings (SSSR count). The van der Waals surface area contributed by atoms with Crippen molar-refractivity contribution in [2.45, 2.75) is 0 Å². The van der Waals surface area contributed by atoms with Gasteiger partial charge in [0.2, 0.25) is 0 Å². The van der Waals surface area contributed by atoms with Gasteiger partial charge < -0.3 is 0 Å². The van der Waals surface area contributed by atoms with Crippen LogP contribution in [0.15, 0.2) is 140 Å². The Morgan fingerprint density at radius 1 is 0.457 bits per heavy atom. The summed E-state index contributed by atoms with van der Waals surface area (Å²) >= 11 is 0. The molecule has 0 saturated carbocycles. The van der Waals surface area contributed by atoms with Gasteiger partial charge in [-0.05, 0) is 76.9 Å². The van der Waals surface area contributed by atoms with Gasteiger partial charge in [0.25, 0.3) is 0 Å². The van der Waals surface area contributed by atoms with Crippen LogP contribution in [-0.4, -0.2) is 31.4 Å². The zero-order valence-electron chi connectivity index (χ0n) is 24.6. The van der Waals surface area contributed by atoms with Gasteiger partial charge in [0, 0.05) is 34.5 Å². The molecule has 4 heterocycles. The summed E-state index contributed by atoms with van der Waals surface area (Å²) in [6, 6.07) is 40.5. The number of pyridine rings is 4.